The molecular weight excluding hydrogens is 274 g/mol. The molecule has 0 radical (unpaired) electrons. The first-order valence-corrected chi connectivity index (χ1v) is 6.18. The lowest BCUT2D eigenvalue weighted by Crippen LogP contribution is -2.03. The number of carbonyl (C=O) groups is 1. The van der Waals surface area contributed by atoms with Crippen LogP contribution in [0.4, 0.5) is 0 Å². The van der Waals surface area contributed by atoms with Crippen molar-refractivity contribution >= 4 is 34.7 Å². The van der Waals surface area contributed by atoms with E-state index in [0.717, 1.165) is 0 Å². The van der Waals surface area contributed by atoms with Crippen molar-refractivity contribution in [2.24, 2.45) is 0 Å². The van der Waals surface area contributed by atoms with Crippen LogP contribution in [0.3, 0.4) is 0 Å². The van der Waals surface area contributed by atoms with Crippen molar-refractivity contribution in [3.05, 3.63) is 40.6 Å². The number of fused-ring (bicyclic) bond motifs is 1. The third-order valence-electron chi connectivity index (χ3n) is 2.41. The quantitative estimate of drug-likeness (QED) is 0.783. The maximum atomic E-state index is 11.4. The fraction of sp³-hybridized carbons (Fsp3) is 0. The topological polar surface area (TPSA) is 67.5 Å². The number of carboxylic acid groups (broad SMARTS) is 1. The van der Waals surface area contributed by atoms with E-state index >= 15 is 0 Å². The summed E-state index contributed by atoms with van der Waals surface area (Å²) in [7, 11) is 0. The first kappa shape index (κ1) is 11.2. The Labute approximate surface area is 110 Å². The Morgan fingerprint density at radius 1 is 1.44 bits per heavy atom. The lowest BCUT2D eigenvalue weighted by molar-refractivity contribution is 0.0690. The number of aromatic carboxylic acids is 1. The third-order valence-corrected chi connectivity index (χ3v) is 3.65. The van der Waals surface area contributed by atoms with Gasteiger partial charge in [-0.15, -0.1) is 11.3 Å². The number of halogens is 1. The van der Waals surface area contributed by atoms with Gasteiger partial charge in [0.1, 0.15) is 5.69 Å². The second-order valence-electron chi connectivity index (χ2n) is 3.51. The van der Waals surface area contributed by atoms with E-state index in [4.69, 9.17) is 11.6 Å². The molecule has 0 aliphatic rings. The Bertz CT molecular complexity index is 750. The van der Waals surface area contributed by atoms with Gasteiger partial charge in [-0.3, -0.25) is 4.40 Å². The van der Waals surface area contributed by atoms with E-state index < -0.39 is 5.97 Å². The molecule has 0 saturated carbocycles. The van der Waals surface area contributed by atoms with Gasteiger partial charge in [0.15, 0.2) is 5.69 Å². The van der Waals surface area contributed by atoms with Crippen LogP contribution in [0.5, 0.6) is 0 Å². The molecule has 0 amide bonds. The number of thiophene rings is 1. The Balaban J connectivity index is 2.34. The van der Waals surface area contributed by atoms with Crippen LogP contribution in [0, 0.1) is 0 Å². The van der Waals surface area contributed by atoms with Crippen LogP contribution in [-0.4, -0.2) is 25.4 Å². The molecule has 0 atom stereocenters. The number of rotatable bonds is 2. The molecule has 3 rings (SSSR count). The number of aromatic nitrogens is 3. The van der Waals surface area contributed by atoms with Crippen molar-refractivity contribution in [2.45, 2.75) is 0 Å². The fourth-order valence-electron chi connectivity index (χ4n) is 1.71. The number of imidazole rings is 1. The molecule has 0 saturated heterocycles. The zero-order valence-electron chi connectivity index (χ0n) is 8.87. The summed E-state index contributed by atoms with van der Waals surface area (Å²) in [5.41, 5.74) is 0.481. The summed E-state index contributed by atoms with van der Waals surface area (Å²) in [6.45, 7) is 0. The van der Waals surface area contributed by atoms with E-state index in [0.29, 0.717) is 20.7 Å². The van der Waals surface area contributed by atoms with Crippen molar-refractivity contribution in [3.63, 3.8) is 0 Å². The molecule has 3 heterocycles. The van der Waals surface area contributed by atoms with Crippen LogP contribution >= 0.6 is 22.9 Å². The van der Waals surface area contributed by atoms with E-state index in [2.05, 4.69) is 9.97 Å². The molecule has 0 aliphatic heterocycles. The van der Waals surface area contributed by atoms with Gasteiger partial charge in [-0.25, -0.2) is 14.8 Å². The predicted octanol–water partition coefficient (Wildman–Crippen LogP) is 2.81. The minimum atomic E-state index is -1.05. The summed E-state index contributed by atoms with van der Waals surface area (Å²) in [6, 6.07) is 5.12. The van der Waals surface area contributed by atoms with Gasteiger partial charge in [-0.2, -0.15) is 0 Å². The van der Waals surface area contributed by atoms with Crippen LogP contribution < -0.4 is 0 Å². The van der Waals surface area contributed by atoms with Gasteiger partial charge in [0.2, 0.25) is 5.78 Å². The van der Waals surface area contributed by atoms with Gasteiger partial charge in [0.05, 0.1) is 9.21 Å². The molecule has 5 nitrogen and oxygen atoms in total. The normalized spacial score (nSPS) is 10.9. The van der Waals surface area contributed by atoms with Gasteiger partial charge in [0, 0.05) is 12.4 Å². The van der Waals surface area contributed by atoms with E-state index in [-0.39, 0.29) is 5.69 Å². The number of carboxylic acids is 1. The van der Waals surface area contributed by atoms with Gasteiger partial charge in [-0.1, -0.05) is 11.6 Å². The molecule has 0 aromatic carbocycles. The van der Waals surface area contributed by atoms with Crippen LogP contribution in [0.1, 0.15) is 10.5 Å². The van der Waals surface area contributed by atoms with E-state index in [9.17, 15) is 9.90 Å². The van der Waals surface area contributed by atoms with Crippen molar-refractivity contribution in [2.75, 3.05) is 0 Å². The number of hydrogen-bond donors (Lipinski definition) is 1. The first-order valence-electron chi connectivity index (χ1n) is 4.99. The highest BCUT2D eigenvalue weighted by Crippen LogP contribution is 2.32. The SMILES string of the molecule is O=C(O)c1c(-c2ccc(Cl)s2)nc2ncccn12. The molecule has 7 heteroatoms. The molecule has 0 fully saturated rings. The number of nitrogens with zero attached hydrogens (tertiary/aromatic N) is 3. The Morgan fingerprint density at radius 2 is 2.28 bits per heavy atom. The largest absolute Gasteiger partial charge is 0.476 e. The van der Waals surface area contributed by atoms with E-state index in [1.54, 1.807) is 30.6 Å². The average molecular weight is 280 g/mol. The molecule has 3 aromatic rings. The Hall–Kier alpha value is -1.92. The van der Waals surface area contributed by atoms with E-state index in [1.165, 1.54) is 15.7 Å². The van der Waals surface area contributed by atoms with Crippen molar-refractivity contribution in [1.29, 1.82) is 0 Å². The zero-order valence-corrected chi connectivity index (χ0v) is 10.4. The molecule has 3 aromatic heterocycles. The monoisotopic (exact) mass is 279 g/mol. The second-order valence-corrected chi connectivity index (χ2v) is 5.22. The summed E-state index contributed by atoms with van der Waals surface area (Å²) >= 11 is 7.15. The van der Waals surface area contributed by atoms with Gasteiger partial charge >= 0.3 is 5.97 Å². The maximum absolute atomic E-state index is 11.4. The standard InChI is InChI=1S/C11H6ClN3O2S/c12-7-3-2-6(18-7)8-9(10(16)17)15-5-1-4-13-11(15)14-8/h1-5H,(H,16,17). The van der Waals surface area contributed by atoms with Gasteiger partial charge in [-0.05, 0) is 18.2 Å². The molecular formula is C11H6ClN3O2S. The summed E-state index contributed by atoms with van der Waals surface area (Å²) < 4.78 is 2.04. The maximum Gasteiger partial charge on any atom is 0.355 e. The van der Waals surface area contributed by atoms with Gasteiger partial charge in [0.25, 0.3) is 0 Å². The van der Waals surface area contributed by atoms with Crippen LogP contribution in [0.15, 0.2) is 30.6 Å². The van der Waals surface area contributed by atoms with Crippen molar-refractivity contribution in [3.8, 4) is 10.6 Å². The molecule has 0 spiro atoms. The first-order chi connectivity index (χ1) is 8.66. The highest BCUT2D eigenvalue weighted by atomic mass is 35.5. The Morgan fingerprint density at radius 3 is 2.94 bits per heavy atom. The minimum absolute atomic E-state index is 0.0941. The molecule has 90 valence electrons. The molecule has 0 unspecified atom stereocenters. The average Bonchev–Trinajstić information content (AvgIpc) is 2.91. The predicted molar refractivity (Wildman–Crippen MR) is 68.3 cm³/mol. The van der Waals surface area contributed by atoms with Gasteiger partial charge < -0.3 is 5.11 Å². The molecule has 1 N–H and O–H groups in total. The van der Waals surface area contributed by atoms with Crippen molar-refractivity contribution < 1.29 is 9.90 Å². The minimum Gasteiger partial charge on any atom is -0.476 e. The molecule has 0 aliphatic carbocycles. The highest BCUT2D eigenvalue weighted by Gasteiger charge is 2.21. The second kappa shape index (κ2) is 4.08. The van der Waals surface area contributed by atoms with Crippen LogP contribution in [0.2, 0.25) is 4.34 Å². The fourth-order valence-corrected chi connectivity index (χ4v) is 2.74. The van der Waals surface area contributed by atoms with E-state index in [1.807, 2.05) is 0 Å². The lowest BCUT2D eigenvalue weighted by Gasteiger charge is -1.96. The molecule has 18 heavy (non-hydrogen) atoms. The summed E-state index contributed by atoms with van der Waals surface area (Å²) in [5, 5.41) is 9.30. The summed E-state index contributed by atoms with van der Waals surface area (Å²) in [4.78, 5) is 20.3. The molecule has 0 bridgehead atoms. The number of hydrogen-bond acceptors (Lipinski definition) is 4. The van der Waals surface area contributed by atoms with Crippen LogP contribution in [0.25, 0.3) is 16.3 Å². The summed E-state index contributed by atoms with van der Waals surface area (Å²) in [5.74, 6) is -0.690. The third kappa shape index (κ3) is 1.66. The highest BCUT2D eigenvalue weighted by molar-refractivity contribution is 7.19. The zero-order chi connectivity index (χ0) is 12.7. The van der Waals surface area contributed by atoms with Crippen molar-refractivity contribution in [1.82, 2.24) is 14.4 Å². The Kier molecular flexibility index (Phi) is 2.53. The summed E-state index contributed by atoms with van der Waals surface area (Å²) in [6.07, 6.45) is 3.19. The smallest absolute Gasteiger partial charge is 0.355 e. The van der Waals surface area contributed by atoms with Crippen LogP contribution in [-0.2, 0) is 0 Å². The lowest BCUT2D eigenvalue weighted by atomic mass is 10.3.